The third-order valence-electron chi connectivity index (χ3n) is 2.99. The summed E-state index contributed by atoms with van der Waals surface area (Å²) in [6, 6.07) is 13.5. The molecule has 3 nitrogen and oxygen atoms in total. The predicted octanol–water partition coefficient (Wildman–Crippen LogP) is 3.55. The number of pyridine rings is 1. The van der Waals surface area contributed by atoms with E-state index in [-0.39, 0.29) is 0 Å². The van der Waals surface area contributed by atoms with Crippen LogP contribution in [-0.2, 0) is 0 Å². The van der Waals surface area contributed by atoms with E-state index in [0.717, 1.165) is 22.6 Å². The van der Waals surface area contributed by atoms with Crippen molar-refractivity contribution in [1.29, 1.82) is 0 Å². The Labute approximate surface area is 110 Å². The van der Waals surface area contributed by atoms with E-state index < -0.39 is 0 Å². The Morgan fingerprint density at radius 2 is 1.83 bits per heavy atom. The summed E-state index contributed by atoms with van der Waals surface area (Å²) >= 11 is 5.89. The van der Waals surface area contributed by atoms with Gasteiger partial charge in [0.1, 0.15) is 17.2 Å². The van der Waals surface area contributed by atoms with Crippen molar-refractivity contribution in [1.82, 2.24) is 9.38 Å². The Morgan fingerprint density at radius 1 is 1.11 bits per heavy atom. The van der Waals surface area contributed by atoms with Gasteiger partial charge in [0.05, 0.1) is 0 Å². The lowest BCUT2D eigenvalue weighted by Crippen LogP contribution is -1.97. The minimum absolute atomic E-state index is 0.658. The molecule has 2 heterocycles. The van der Waals surface area contributed by atoms with E-state index in [1.807, 2.05) is 53.8 Å². The van der Waals surface area contributed by atoms with E-state index in [2.05, 4.69) is 4.98 Å². The van der Waals surface area contributed by atoms with Gasteiger partial charge in [-0.15, -0.1) is 0 Å². The minimum Gasteiger partial charge on any atom is -0.383 e. The monoisotopic (exact) mass is 257 g/mol. The summed E-state index contributed by atoms with van der Waals surface area (Å²) in [5.74, 6) is 0.658. The average molecular weight is 258 g/mol. The molecule has 0 saturated heterocycles. The van der Waals surface area contributed by atoms with Crippen LogP contribution in [0.15, 0.2) is 42.5 Å². The topological polar surface area (TPSA) is 43.3 Å². The van der Waals surface area contributed by atoms with Crippen molar-refractivity contribution >= 4 is 23.1 Å². The molecule has 1 aromatic carbocycles. The van der Waals surface area contributed by atoms with Crippen molar-refractivity contribution in [3.05, 3.63) is 53.2 Å². The summed E-state index contributed by atoms with van der Waals surface area (Å²) in [5, 5.41) is 0.706. The summed E-state index contributed by atoms with van der Waals surface area (Å²) in [6.45, 7) is 2.01. The second-order valence-electron chi connectivity index (χ2n) is 4.21. The number of aromatic nitrogens is 2. The van der Waals surface area contributed by atoms with E-state index in [1.54, 1.807) is 0 Å². The molecule has 90 valence electrons. The second kappa shape index (κ2) is 4.03. The number of nitrogens with two attached hydrogens (primary N) is 1. The number of halogens is 1. The highest BCUT2D eigenvalue weighted by Crippen LogP contribution is 2.28. The van der Waals surface area contributed by atoms with Crippen molar-refractivity contribution < 1.29 is 0 Å². The third-order valence-corrected chi connectivity index (χ3v) is 3.24. The fourth-order valence-electron chi connectivity index (χ4n) is 2.10. The van der Waals surface area contributed by atoms with Gasteiger partial charge in [-0.25, -0.2) is 4.98 Å². The lowest BCUT2D eigenvalue weighted by molar-refractivity contribution is 1.10. The van der Waals surface area contributed by atoms with Crippen LogP contribution < -0.4 is 5.73 Å². The Balaban J connectivity index is 2.27. The fourth-order valence-corrected chi connectivity index (χ4v) is 2.23. The zero-order valence-electron chi connectivity index (χ0n) is 9.89. The highest BCUT2D eigenvalue weighted by Gasteiger charge is 2.11. The Bertz CT molecular complexity index is 714. The van der Waals surface area contributed by atoms with E-state index in [9.17, 15) is 0 Å². The van der Waals surface area contributed by atoms with Crippen molar-refractivity contribution in [3.63, 3.8) is 0 Å². The lowest BCUT2D eigenvalue weighted by Gasteiger charge is -2.02. The maximum Gasteiger partial charge on any atom is 0.139 e. The highest BCUT2D eigenvalue weighted by molar-refractivity contribution is 6.30. The van der Waals surface area contributed by atoms with Gasteiger partial charge in [-0.1, -0.05) is 29.8 Å². The van der Waals surface area contributed by atoms with E-state index in [4.69, 9.17) is 17.3 Å². The van der Waals surface area contributed by atoms with Crippen molar-refractivity contribution in [2.75, 3.05) is 5.73 Å². The lowest BCUT2D eigenvalue weighted by atomic mass is 10.1. The fraction of sp³-hybridized carbons (Fsp3) is 0.0714. The summed E-state index contributed by atoms with van der Waals surface area (Å²) in [4.78, 5) is 4.57. The van der Waals surface area contributed by atoms with Gasteiger partial charge in [-0.2, -0.15) is 0 Å². The largest absolute Gasteiger partial charge is 0.383 e. The molecule has 0 aliphatic heterocycles. The maximum absolute atomic E-state index is 6.18. The van der Waals surface area contributed by atoms with Gasteiger partial charge in [-0.05, 0) is 31.2 Å². The van der Waals surface area contributed by atoms with Crippen molar-refractivity contribution in [2.24, 2.45) is 0 Å². The van der Waals surface area contributed by atoms with Gasteiger partial charge in [0.25, 0.3) is 0 Å². The van der Waals surface area contributed by atoms with Gasteiger partial charge in [0.15, 0.2) is 0 Å². The molecule has 0 atom stereocenters. The normalized spacial score (nSPS) is 11.0. The zero-order chi connectivity index (χ0) is 12.7. The standard InChI is InChI=1S/C14H12ClN3/c1-9-3-2-4-12-17-13(14(16)18(9)12)10-5-7-11(15)8-6-10/h2-8H,16H2,1H3. The molecule has 0 unspecified atom stereocenters. The van der Waals surface area contributed by atoms with E-state index >= 15 is 0 Å². The van der Waals surface area contributed by atoms with Gasteiger partial charge < -0.3 is 5.73 Å². The molecule has 2 aromatic heterocycles. The predicted molar refractivity (Wildman–Crippen MR) is 74.8 cm³/mol. The van der Waals surface area contributed by atoms with Crippen LogP contribution in [0.1, 0.15) is 5.69 Å². The number of fused-ring (bicyclic) bond motifs is 1. The zero-order valence-corrected chi connectivity index (χ0v) is 10.6. The first-order chi connectivity index (χ1) is 8.66. The molecule has 0 amide bonds. The van der Waals surface area contributed by atoms with Gasteiger partial charge in [-0.3, -0.25) is 4.40 Å². The molecule has 0 aliphatic rings. The van der Waals surface area contributed by atoms with Crippen molar-refractivity contribution in [3.8, 4) is 11.3 Å². The molecule has 3 aromatic rings. The van der Waals surface area contributed by atoms with Crippen LogP contribution in [0.3, 0.4) is 0 Å². The SMILES string of the molecule is Cc1cccc2nc(-c3ccc(Cl)cc3)c(N)n12. The first kappa shape index (κ1) is 11.1. The number of hydrogen-bond donors (Lipinski definition) is 1. The van der Waals surface area contributed by atoms with Crippen LogP contribution in [0.5, 0.6) is 0 Å². The molecular weight excluding hydrogens is 246 g/mol. The number of anilines is 1. The van der Waals surface area contributed by atoms with Crippen LogP contribution in [-0.4, -0.2) is 9.38 Å². The van der Waals surface area contributed by atoms with E-state index in [1.165, 1.54) is 0 Å². The molecule has 3 rings (SSSR count). The highest BCUT2D eigenvalue weighted by atomic mass is 35.5. The molecule has 0 radical (unpaired) electrons. The molecule has 2 N–H and O–H groups in total. The van der Waals surface area contributed by atoms with Crippen LogP contribution in [0, 0.1) is 6.92 Å². The molecule has 0 spiro atoms. The van der Waals surface area contributed by atoms with E-state index in [0.29, 0.717) is 10.8 Å². The van der Waals surface area contributed by atoms with Crippen LogP contribution >= 0.6 is 11.6 Å². The van der Waals surface area contributed by atoms with Crippen molar-refractivity contribution in [2.45, 2.75) is 6.92 Å². The van der Waals surface area contributed by atoms with Crippen LogP contribution in [0.2, 0.25) is 5.02 Å². The third kappa shape index (κ3) is 1.64. The second-order valence-corrected chi connectivity index (χ2v) is 4.65. The maximum atomic E-state index is 6.18. The Hall–Kier alpha value is -2.00. The number of rotatable bonds is 1. The Kier molecular flexibility index (Phi) is 2.49. The number of nitrogen functional groups attached to an aromatic ring is 1. The number of aryl methyl sites for hydroxylation is 1. The molecule has 0 bridgehead atoms. The first-order valence-corrected chi connectivity index (χ1v) is 6.04. The summed E-state index contributed by atoms with van der Waals surface area (Å²) in [5.41, 5.74) is 9.87. The average Bonchev–Trinajstić information content (AvgIpc) is 2.69. The number of imidazole rings is 1. The molecule has 0 saturated carbocycles. The quantitative estimate of drug-likeness (QED) is 0.725. The smallest absolute Gasteiger partial charge is 0.139 e. The molecule has 0 fully saturated rings. The number of nitrogens with zero attached hydrogens (tertiary/aromatic N) is 2. The molecular formula is C14H12ClN3. The van der Waals surface area contributed by atoms with Gasteiger partial charge >= 0.3 is 0 Å². The number of hydrogen-bond acceptors (Lipinski definition) is 2. The van der Waals surface area contributed by atoms with Gasteiger partial charge in [0.2, 0.25) is 0 Å². The molecule has 0 aliphatic carbocycles. The molecule has 18 heavy (non-hydrogen) atoms. The summed E-state index contributed by atoms with van der Waals surface area (Å²) < 4.78 is 1.95. The van der Waals surface area contributed by atoms with Crippen LogP contribution in [0.25, 0.3) is 16.9 Å². The number of benzene rings is 1. The van der Waals surface area contributed by atoms with Gasteiger partial charge in [0, 0.05) is 16.3 Å². The summed E-state index contributed by atoms with van der Waals surface area (Å²) in [6.07, 6.45) is 0. The summed E-state index contributed by atoms with van der Waals surface area (Å²) in [7, 11) is 0. The first-order valence-electron chi connectivity index (χ1n) is 5.66. The Morgan fingerprint density at radius 3 is 2.50 bits per heavy atom. The molecule has 4 heteroatoms. The van der Waals surface area contributed by atoms with Crippen LogP contribution in [0.4, 0.5) is 5.82 Å². The minimum atomic E-state index is 0.658.